The van der Waals surface area contributed by atoms with E-state index in [2.05, 4.69) is 45.3 Å². The molecule has 0 aromatic rings. The Morgan fingerprint density at radius 3 is 2.43 bits per heavy atom. The first-order chi connectivity index (χ1) is 12.8. The van der Waals surface area contributed by atoms with Crippen molar-refractivity contribution in [2.24, 2.45) is 23.2 Å². The number of carboxylic acid groups (broad SMARTS) is 1. The van der Waals surface area contributed by atoms with Crippen molar-refractivity contribution >= 4 is 19.1 Å². The number of rotatable bonds is 6. The predicted molar refractivity (Wildman–Crippen MR) is 107 cm³/mol. The van der Waals surface area contributed by atoms with Gasteiger partial charge in [0, 0.05) is 0 Å². The fourth-order valence-electron chi connectivity index (χ4n) is 5.49. The molecule has 4 fully saturated rings. The van der Waals surface area contributed by atoms with E-state index < -0.39 is 18.8 Å². The Bertz CT molecular complexity index is 653. The molecular weight excluding hydrogens is 359 g/mol. The molecular formula is C20H35BN2O5. The number of hydrogen-bond donors (Lipinski definition) is 3. The zero-order valence-electron chi connectivity index (χ0n) is 18.2. The smallest absolute Gasteiger partial charge is 0.465 e. The van der Waals surface area contributed by atoms with Crippen molar-refractivity contribution in [3.8, 4) is 0 Å². The first-order valence-electron chi connectivity index (χ1n) is 10.4. The summed E-state index contributed by atoms with van der Waals surface area (Å²) in [6.45, 7) is 14.1. The van der Waals surface area contributed by atoms with Crippen molar-refractivity contribution in [1.82, 2.24) is 10.6 Å². The lowest BCUT2D eigenvalue weighted by Crippen LogP contribution is -2.65. The second-order valence-corrected chi connectivity index (χ2v) is 10.6. The third-order valence-corrected chi connectivity index (χ3v) is 7.33. The summed E-state index contributed by atoms with van der Waals surface area (Å²) in [4.78, 5) is 23.8. The molecule has 158 valence electrons. The van der Waals surface area contributed by atoms with E-state index in [9.17, 15) is 9.59 Å². The largest absolute Gasteiger partial charge is 0.481 e. The second-order valence-electron chi connectivity index (χ2n) is 10.6. The maximum absolute atomic E-state index is 12.8. The zero-order chi connectivity index (χ0) is 21.1. The molecule has 1 heterocycles. The number of carbonyl (C=O) groups excluding carboxylic acids is 1. The lowest BCUT2D eigenvalue weighted by Gasteiger charge is -2.64. The van der Waals surface area contributed by atoms with Crippen LogP contribution in [0.1, 0.15) is 67.7 Å². The van der Waals surface area contributed by atoms with Crippen LogP contribution in [0.15, 0.2) is 0 Å². The number of nitrogens with one attached hydrogen (secondary N) is 2. The SMILES string of the molecule is CC(C)CC(NC(=O)C(C)(C)NC(=O)O)B1OC2CC3CC(C3(C)C)C2(C)O1. The Morgan fingerprint density at radius 2 is 1.89 bits per heavy atom. The highest BCUT2D eigenvalue weighted by Crippen LogP contribution is 2.65. The Balaban J connectivity index is 1.75. The number of hydrogen-bond acceptors (Lipinski definition) is 4. The van der Waals surface area contributed by atoms with E-state index in [1.807, 2.05) is 0 Å². The third-order valence-electron chi connectivity index (χ3n) is 7.33. The van der Waals surface area contributed by atoms with Gasteiger partial charge in [0.05, 0.1) is 17.6 Å². The molecule has 0 radical (unpaired) electrons. The van der Waals surface area contributed by atoms with Crippen LogP contribution in [0, 0.1) is 23.2 Å². The topological polar surface area (TPSA) is 96.9 Å². The van der Waals surface area contributed by atoms with Crippen LogP contribution in [0.25, 0.3) is 0 Å². The highest BCUT2D eigenvalue weighted by molar-refractivity contribution is 6.48. The quantitative estimate of drug-likeness (QED) is 0.602. The summed E-state index contributed by atoms with van der Waals surface area (Å²) in [6, 6.07) is 0. The molecule has 2 amide bonds. The van der Waals surface area contributed by atoms with Gasteiger partial charge < -0.3 is 25.0 Å². The van der Waals surface area contributed by atoms with E-state index in [1.54, 1.807) is 13.8 Å². The Labute approximate surface area is 168 Å². The molecule has 7 nitrogen and oxygen atoms in total. The average molecular weight is 394 g/mol. The van der Waals surface area contributed by atoms with Crippen LogP contribution >= 0.6 is 0 Å². The Kier molecular flexibility index (Phi) is 5.29. The van der Waals surface area contributed by atoms with Gasteiger partial charge >= 0.3 is 13.2 Å². The van der Waals surface area contributed by atoms with E-state index in [0.29, 0.717) is 24.2 Å². The predicted octanol–water partition coefficient (Wildman–Crippen LogP) is 2.83. The minimum Gasteiger partial charge on any atom is -0.465 e. The third kappa shape index (κ3) is 3.54. The van der Waals surface area contributed by atoms with Gasteiger partial charge in [-0.15, -0.1) is 0 Å². The van der Waals surface area contributed by atoms with Crippen molar-refractivity contribution in [3.05, 3.63) is 0 Å². The highest BCUT2D eigenvalue weighted by atomic mass is 16.7. The van der Waals surface area contributed by atoms with Gasteiger partial charge in [0.15, 0.2) is 0 Å². The lowest BCUT2D eigenvalue weighted by atomic mass is 9.43. The molecule has 1 saturated heterocycles. The molecule has 28 heavy (non-hydrogen) atoms. The van der Waals surface area contributed by atoms with E-state index in [0.717, 1.165) is 6.42 Å². The molecule has 0 aromatic heterocycles. The van der Waals surface area contributed by atoms with Gasteiger partial charge in [-0.3, -0.25) is 4.79 Å². The lowest BCUT2D eigenvalue weighted by molar-refractivity contribution is -0.199. The minimum atomic E-state index is -1.24. The molecule has 3 N–H and O–H groups in total. The molecule has 5 unspecified atom stereocenters. The van der Waals surface area contributed by atoms with E-state index in [-0.39, 0.29) is 29.0 Å². The molecule has 1 aliphatic heterocycles. The monoisotopic (exact) mass is 394 g/mol. The van der Waals surface area contributed by atoms with Crippen LogP contribution in [0.4, 0.5) is 4.79 Å². The van der Waals surface area contributed by atoms with Gasteiger partial charge in [-0.2, -0.15) is 0 Å². The first-order valence-corrected chi connectivity index (χ1v) is 10.4. The molecule has 5 atom stereocenters. The Hall–Kier alpha value is -1.28. The van der Waals surface area contributed by atoms with E-state index >= 15 is 0 Å². The maximum Gasteiger partial charge on any atom is 0.481 e. The van der Waals surface area contributed by atoms with Gasteiger partial charge in [0.25, 0.3) is 0 Å². The summed E-state index contributed by atoms with van der Waals surface area (Å²) in [6.07, 6.45) is 1.68. The zero-order valence-corrected chi connectivity index (χ0v) is 18.2. The Morgan fingerprint density at radius 1 is 1.25 bits per heavy atom. The molecule has 2 bridgehead atoms. The summed E-state index contributed by atoms with van der Waals surface area (Å²) < 4.78 is 12.9. The van der Waals surface area contributed by atoms with Crippen LogP contribution in [-0.2, 0) is 14.1 Å². The minimum absolute atomic E-state index is 0.0472. The summed E-state index contributed by atoms with van der Waals surface area (Å²) in [7, 11) is -0.517. The van der Waals surface area contributed by atoms with Gasteiger partial charge in [-0.05, 0) is 63.2 Å². The maximum atomic E-state index is 12.8. The fraction of sp³-hybridized carbons (Fsp3) is 0.900. The normalized spacial score (nSPS) is 34.4. The molecule has 0 spiro atoms. The van der Waals surface area contributed by atoms with Crippen LogP contribution in [0.2, 0.25) is 0 Å². The second kappa shape index (κ2) is 6.90. The summed E-state index contributed by atoms with van der Waals surface area (Å²) in [5.74, 6) is 0.736. The molecule has 3 saturated carbocycles. The van der Waals surface area contributed by atoms with Crippen molar-refractivity contribution in [2.75, 3.05) is 0 Å². The number of carbonyl (C=O) groups is 2. The number of amides is 2. The van der Waals surface area contributed by atoms with Crippen molar-refractivity contribution in [3.63, 3.8) is 0 Å². The van der Waals surface area contributed by atoms with Crippen molar-refractivity contribution in [2.45, 2.75) is 90.9 Å². The first kappa shape index (κ1) is 21.4. The standard InChI is InChI=1S/C20H35BN2O5/c1-11(2)8-15(22-16(24)19(5,6)23-17(25)26)21-27-14-10-12-9-13(18(12,3)4)20(14,7)28-21/h11-15,23H,8-10H2,1-7H3,(H,22,24)(H,25,26). The molecule has 3 aliphatic carbocycles. The summed E-state index contributed by atoms with van der Waals surface area (Å²) in [5, 5.41) is 14.3. The van der Waals surface area contributed by atoms with Gasteiger partial charge in [0.1, 0.15) is 5.54 Å². The molecule has 0 aromatic carbocycles. The van der Waals surface area contributed by atoms with E-state index in [1.165, 1.54) is 6.42 Å². The van der Waals surface area contributed by atoms with Crippen molar-refractivity contribution < 1.29 is 24.0 Å². The van der Waals surface area contributed by atoms with Gasteiger partial charge in [0.2, 0.25) is 5.91 Å². The van der Waals surface area contributed by atoms with E-state index in [4.69, 9.17) is 14.4 Å². The molecule has 4 rings (SSSR count). The van der Waals surface area contributed by atoms with Crippen LogP contribution in [0.3, 0.4) is 0 Å². The molecule has 4 aliphatic rings. The summed E-state index contributed by atoms with van der Waals surface area (Å²) in [5.41, 5.74) is -1.31. The molecule has 8 heteroatoms. The van der Waals surface area contributed by atoms with Crippen LogP contribution in [0.5, 0.6) is 0 Å². The van der Waals surface area contributed by atoms with Crippen LogP contribution < -0.4 is 10.6 Å². The van der Waals surface area contributed by atoms with Crippen molar-refractivity contribution in [1.29, 1.82) is 0 Å². The van der Waals surface area contributed by atoms with Gasteiger partial charge in [-0.1, -0.05) is 27.7 Å². The van der Waals surface area contributed by atoms with Crippen LogP contribution in [-0.4, -0.2) is 47.4 Å². The average Bonchev–Trinajstić information content (AvgIpc) is 2.89. The van der Waals surface area contributed by atoms with Gasteiger partial charge in [-0.25, -0.2) is 4.79 Å². The highest BCUT2D eigenvalue weighted by Gasteiger charge is 2.68. The summed E-state index contributed by atoms with van der Waals surface area (Å²) >= 11 is 0. The fourth-order valence-corrected chi connectivity index (χ4v) is 5.49.